The zero-order valence-corrected chi connectivity index (χ0v) is 9.31. The van der Waals surface area contributed by atoms with E-state index in [4.69, 9.17) is 4.74 Å². The summed E-state index contributed by atoms with van der Waals surface area (Å²) in [5.41, 5.74) is 0. The molecule has 0 heterocycles. The Labute approximate surface area is 82.4 Å². The zero-order valence-electron chi connectivity index (χ0n) is 9.31. The molecule has 0 aliphatic carbocycles. The van der Waals surface area contributed by atoms with E-state index in [9.17, 15) is 0 Å². The highest BCUT2D eigenvalue weighted by atomic mass is 16.5. The molecule has 0 atom stereocenters. The third-order valence-corrected chi connectivity index (χ3v) is 1.94. The van der Waals surface area contributed by atoms with Gasteiger partial charge in [0.25, 0.3) is 0 Å². The van der Waals surface area contributed by atoms with E-state index < -0.39 is 0 Å². The molecule has 0 bridgehead atoms. The van der Waals surface area contributed by atoms with Crippen LogP contribution in [0.3, 0.4) is 0 Å². The van der Waals surface area contributed by atoms with E-state index in [0.717, 1.165) is 32.7 Å². The standard InChI is InChI=1S/C10H24N2O/c1-4-7-12(3)8-10-13-9-5-6-11-2/h11H,4-10H2,1-3H3. The predicted molar refractivity (Wildman–Crippen MR) is 57.2 cm³/mol. The highest BCUT2D eigenvalue weighted by Crippen LogP contribution is 1.87. The maximum Gasteiger partial charge on any atom is 0.0593 e. The molecule has 3 nitrogen and oxygen atoms in total. The van der Waals surface area contributed by atoms with Crippen LogP contribution in [0.4, 0.5) is 0 Å². The molecule has 3 heteroatoms. The number of hydrogen-bond acceptors (Lipinski definition) is 3. The molecule has 0 rings (SSSR count). The van der Waals surface area contributed by atoms with Gasteiger partial charge in [-0.3, -0.25) is 0 Å². The average molecular weight is 188 g/mol. The maximum absolute atomic E-state index is 5.47. The minimum Gasteiger partial charge on any atom is -0.380 e. The Balaban J connectivity index is 2.97. The number of nitrogens with one attached hydrogen (secondary N) is 1. The van der Waals surface area contributed by atoms with Gasteiger partial charge in [-0.1, -0.05) is 6.92 Å². The average Bonchev–Trinajstić information content (AvgIpc) is 2.11. The van der Waals surface area contributed by atoms with Crippen LogP contribution in [0.5, 0.6) is 0 Å². The van der Waals surface area contributed by atoms with E-state index in [1.165, 1.54) is 13.0 Å². The Hall–Kier alpha value is -0.120. The van der Waals surface area contributed by atoms with Gasteiger partial charge in [0, 0.05) is 13.2 Å². The van der Waals surface area contributed by atoms with Crippen molar-refractivity contribution in [3.63, 3.8) is 0 Å². The van der Waals surface area contributed by atoms with Crippen LogP contribution in [0.15, 0.2) is 0 Å². The largest absolute Gasteiger partial charge is 0.380 e. The summed E-state index contributed by atoms with van der Waals surface area (Å²) in [6.07, 6.45) is 2.32. The van der Waals surface area contributed by atoms with Gasteiger partial charge in [-0.2, -0.15) is 0 Å². The monoisotopic (exact) mass is 188 g/mol. The van der Waals surface area contributed by atoms with Gasteiger partial charge < -0.3 is 15.0 Å². The summed E-state index contributed by atoms with van der Waals surface area (Å²) in [4.78, 5) is 2.30. The van der Waals surface area contributed by atoms with Crippen molar-refractivity contribution in [2.75, 3.05) is 46.9 Å². The first-order valence-electron chi connectivity index (χ1n) is 5.22. The van der Waals surface area contributed by atoms with Crippen LogP contribution in [0, 0.1) is 0 Å². The van der Waals surface area contributed by atoms with Crippen molar-refractivity contribution >= 4 is 0 Å². The van der Waals surface area contributed by atoms with Crippen molar-refractivity contribution < 1.29 is 4.74 Å². The number of ether oxygens (including phenoxy) is 1. The van der Waals surface area contributed by atoms with E-state index in [1.54, 1.807) is 0 Å². The molecular weight excluding hydrogens is 164 g/mol. The van der Waals surface area contributed by atoms with Gasteiger partial charge in [-0.05, 0) is 40.0 Å². The van der Waals surface area contributed by atoms with Gasteiger partial charge in [0.2, 0.25) is 0 Å². The summed E-state index contributed by atoms with van der Waals surface area (Å²) in [6.45, 7) is 7.20. The van der Waals surface area contributed by atoms with Crippen LogP contribution >= 0.6 is 0 Å². The molecule has 0 fully saturated rings. The van der Waals surface area contributed by atoms with E-state index in [1.807, 2.05) is 7.05 Å². The Kier molecular flexibility index (Phi) is 9.87. The molecule has 80 valence electrons. The lowest BCUT2D eigenvalue weighted by atomic mass is 10.4. The topological polar surface area (TPSA) is 24.5 Å². The fraction of sp³-hybridized carbons (Fsp3) is 1.00. The summed E-state index contributed by atoms with van der Waals surface area (Å²) < 4.78 is 5.47. The summed E-state index contributed by atoms with van der Waals surface area (Å²) >= 11 is 0. The van der Waals surface area contributed by atoms with Crippen LogP contribution in [0.2, 0.25) is 0 Å². The quantitative estimate of drug-likeness (QED) is 0.545. The second kappa shape index (κ2) is 9.96. The molecule has 13 heavy (non-hydrogen) atoms. The summed E-state index contributed by atoms with van der Waals surface area (Å²) in [5, 5.41) is 3.10. The van der Waals surface area contributed by atoms with Crippen molar-refractivity contribution in [1.29, 1.82) is 0 Å². The third-order valence-electron chi connectivity index (χ3n) is 1.94. The Morgan fingerprint density at radius 3 is 2.62 bits per heavy atom. The van der Waals surface area contributed by atoms with Crippen molar-refractivity contribution in [2.24, 2.45) is 0 Å². The van der Waals surface area contributed by atoms with Gasteiger partial charge in [-0.25, -0.2) is 0 Å². The molecule has 0 aromatic heterocycles. The molecule has 1 N–H and O–H groups in total. The van der Waals surface area contributed by atoms with Gasteiger partial charge >= 0.3 is 0 Å². The maximum atomic E-state index is 5.47. The minimum atomic E-state index is 0.861. The lowest BCUT2D eigenvalue weighted by molar-refractivity contribution is 0.110. The molecule has 0 saturated heterocycles. The zero-order chi connectivity index (χ0) is 9.94. The molecule has 0 aliphatic heterocycles. The lowest BCUT2D eigenvalue weighted by Gasteiger charge is -2.14. The van der Waals surface area contributed by atoms with Crippen LogP contribution in [0.1, 0.15) is 19.8 Å². The smallest absolute Gasteiger partial charge is 0.0593 e. The molecule has 0 saturated carbocycles. The number of rotatable bonds is 9. The number of nitrogens with zero attached hydrogens (tertiary/aromatic N) is 1. The van der Waals surface area contributed by atoms with Gasteiger partial charge in [0.15, 0.2) is 0 Å². The summed E-state index contributed by atoms with van der Waals surface area (Å²) in [7, 11) is 4.11. The SMILES string of the molecule is CCCN(C)CCOCCCNC. The van der Waals surface area contributed by atoms with E-state index in [-0.39, 0.29) is 0 Å². The van der Waals surface area contributed by atoms with Gasteiger partial charge in [0.1, 0.15) is 0 Å². The van der Waals surface area contributed by atoms with Gasteiger partial charge in [0.05, 0.1) is 6.61 Å². The summed E-state index contributed by atoms with van der Waals surface area (Å²) in [6, 6.07) is 0. The van der Waals surface area contributed by atoms with Crippen LogP contribution in [-0.2, 0) is 4.74 Å². The van der Waals surface area contributed by atoms with E-state index >= 15 is 0 Å². The second-order valence-corrected chi connectivity index (χ2v) is 3.37. The first-order chi connectivity index (χ1) is 6.31. The molecule has 0 aromatic rings. The number of hydrogen-bond donors (Lipinski definition) is 1. The fourth-order valence-electron chi connectivity index (χ4n) is 1.17. The Morgan fingerprint density at radius 2 is 2.00 bits per heavy atom. The lowest BCUT2D eigenvalue weighted by Crippen LogP contribution is -2.24. The molecule has 0 aliphatic rings. The van der Waals surface area contributed by atoms with E-state index in [2.05, 4.69) is 24.2 Å². The van der Waals surface area contributed by atoms with Crippen molar-refractivity contribution in [3.05, 3.63) is 0 Å². The minimum absolute atomic E-state index is 0.861. The third kappa shape index (κ3) is 9.80. The van der Waals surface area contributed by atoms with Crippen LogP contribution < -0.4 is 5.32 Å². The van der Waals surface area contributed by atoms with Crippen molar-refractivity contribution in [1.82, 2.24) is 10.2 Å². The van der Waals surface area contributed by atoms with Gasteiger partial charge in [-0.15, -0.1) is 0 Å². The Bertz CT molecular complexity index is 98.9. The van der Waals surface area contributed by atoms with Crippen LogP contribution in [0.25, 0.3) is 0 Å². The normalized spacial score (nSPS) is 11.1. The molecule has 0 radical (unpaired) electrons. The number of likely N-dealkylation sites (N-methyl/N-ethyl adjacent to an activating group) is 1. The summed E-state index contributed by atoms with van der Waals surface area (Å²) in [5.74, 6) is 0. The molecule has 0 spiro atoms. The van der Waals surface area contributed by atoms with Crippen molar-refractivity contribution in [2.45, 2.75) is 19.8 Å². The molecule has 0 aromatic carbocycles. The van der Waals surface area contributed by atoms with Crippen molar-refractivity contribution in [3.8, 4) is 0 Å². The highest BCUT2D eigenvalue weighted by molar-refractivity contribution is 4.48. The molecule has 0 unspecified atom stereocenters. The predicted octanol–water partition coefficient (Wildman–Crippen LogP) is 0.954. The van der Waals surface area contributed by atoms with E-state index in [0.29, 0.717) is 0 Å². The Morgan fingerprint density at radius 1 is 1.23 bits per heavy atom. The first-order valence-corrected chi connectivity index (χ1v) is 5.22. The first kappa shape index (κ1) is 12.9. The molecule has 0 amide bonds. The molecular formula is C10H24N2O. The fourth-order valence-corrected chi connectivity index (χ4v) is 1.17. The highest BCUT2D eigenvalue weighted by Gasteiger charge is 1.95. The van der Waals surface area contributed by atoms with Crippen LogP contribution in [-0.4, -0.2) is 51.8 Å². The second-order valence-electron chi connectivity index (χ2n) is 3.37.